The number of piperidine rings is 1. The SMILES string of the molecule is N[C@@]12CCC(F)(F)C[C@@H]1CN(Cc1cccc3c1C(=O)N(C1CCC(=O)NC1=O)C3)C2. The van der Waals surface area contributed by atoms with Gasteiger partial charge in [0.2, 0.25) is 17.7 Å². The largest absolute Gasteiger partial charge is 0.324 e. The van der Waals surface area contributed by atoms with Crippen LogP contribution in [0.2, 0.25) is 0 Å². The van der Waals surface area contributed by atoms with Crippen LogP contribution in [0.5, 0.6) is 0 Å². The number of rotatable bonds is 3. The molecule has 3 heterocycles. The van der Waals surface area contributed by atoms with Gasteiger partial charge in [0.1, 0.15) is 6.04 Å². The number of hydrogen-bond acceptors (Lipinski definition) is 5. The van der Waals surface area contributed by atoms with Crippen molar-refractivity contribution >= 4 is 17.7 Å². The van der Waals surface area contributed by atoms with E-state index < -0.39 is 23.4 Å². The zero-order valence-corrected chi connectivity index (χ0v) is 17.2. The monoisotopic (exact) mass is 432 g/mol. The van der Waals surface area contributed by atoms with Gasteiger partial charge in [0.15, 0.2) is 0 Å². The number of carbonyl (C=O) groups is 3. The van der Waals surface area contributed by atoms with Gasteiger partial charge in [-0.2, -0.15) is 0 Å². The number of benzene rings is 1. The molecule has 1 aliphatic carbocycles. The number of carbonyl (C=O) groups excluding carboxylic acids is 3. The van der Waals surface area contributed by atoms with Gasteiger partial charge < -0.3 is 10.6 Å². The molecule has 2 saturated heterocycles. The van der Waals surface area contributed by atoms with E-state index in [0.717, 1.165) is 11.1 Å². The molecular formula is C22H26F2N4O3. The van der Waals surface area contributed by atoms with Crippen molar-refractivity contribution in [3.8, 4) is 0 Å². The van der Waals surface area contributed by atoms with Gasteiger partial charge in [-0.25, -0.2) is 8.78 Å². The van der Waals surface area contributed by atoms with E-state index in [1.807, 2.05) is 18.2 Å². The van der Waals surface area contributed by atoms with Crippen LogP contribution in [0.3, 0.4) is 0 Å². The first-order valence-corrected chi connectivity index (χ1v) is 10.8. The van der Waals surface area contributed by atoms with Crippen molar-refractivity contribution < 1.29 is 23.2 Å². The number of hydrogen-bond donors (Lipinski definition) is 2. The molecule has 3 atom stereocenters. The van der Waals surface area contributed by atoms with Crippen LogP contribution in [0.25, 0.3) is 0 Å². The highest BCUT2D eigenvalue weighted by Gasteiger charge is 2.52. The van der Waals surface area contributed by atoms with Gasteiger partial charge in [0.25, 0.3) is 5.91 Å². The van der Waals surface area contributed by atoms with Crippen LogP contribution < -0.4 is 11.1 Å². The van der Waals surface area contributed by atoms with Crippen molar-refractivity contribution in [2.75, 3.05) is 13.1 Å². The van der Waals surface area contributed by atoms with Crippen LogP contribution in [-0.4, -0.2) is 58.1 Å². The molecule has 9 heteroatoms. The number of amides is 3. The van der Waals surface area contributed by atoms with Gasteiger partial charge in [0.05, 0.1) is 0 Å². The summed E-state index contributed by atoms with van der Waals surface area (Å²) in [6, 6.07) is 4.97. The lowest BCUT2D eigenvalue weighted by Crippen LogP contribution is -2.53. The molecule has 3 N–H and O–H groups in total. The van der Waals surface area contributed by atoms with Crippen LogP contribution in [0, 0.1) is 5.92 Å². The number of nitrogens with zero attached hydrogens (tertiary/aromatic N) is 2. The van der Waals surface area contributed by atoms with Crippen LogP contribution in [0.1, 0.15) is 53.6 Å². The molecule has 0 bridgehead atoms. The van der Waals surface area contributed by atoms with E-state index in [1.165, 1.54) is 4.90 Å². The predicted molar refractivity (Wildman–Crippen MR) is 107 cm³/mol. The van der Waals surface area contributed by atoms with Gasteiger partial charge in [0, 0.05) is 56.5 Å². The summed E-state index contributed by atoms with van der Waals surface area (Å²) in [6.07, 6.45) is 0.471. The Balaban J connectivity index is 1.34. The average molecular weight is 432 g/mol. The molecule has 1 unspecified atom stereocenters. The Morgan fingerprint density at radius 2 is 2.00 bits per heavy atom. The van der Waals surface area contributed by atoms with Crippen LogP contribution in [-0.2, 0) is 22.7 Å². The highest BCUT2D eigenvalue weighted by molar-refractivity contribution is 6.05. The maximum absolute atomic E-state index is 13.9. The number of nitrogens with two attached hydrogens (primary N) is 1. The molecule has 166 valence electrons. The minimum atomic E-state index is -2.66. The molecule has 3 fully saturated rings. The Bertz CT molecular complexity index is 968. The van der Waals surface area contributed by atoms with Gasteiger partial charge in [-0.1, -0.05) is 18.2 Å². The summed E-state index contributed by atoms with van der Waals surface area (Å²) in [5, 5.41) is 2.31. The Kier molecular flexibility index (Phi) is 4.67. The highest BCUT2D eigenvalue weighted by Crippen LogP contribution is 2.45. The summed E-state index contributed by atoms with van der Waals surface area (Å²) < 4.78 is 27.8. The van der Waals surface area contributed by atoms with E-state index in [-0.39, 0.29) is 37.0 Å². The molecule has 5 rings (SSSR count). The summed E-state index contributed by atoms with van der Waals surface area (Å²) in [5.41, 5.74) is 8.14. The lowest BCUT2D eigenvalue weighted by Gasteiger charge is -2.38. The quantitative estimate of drug-likeness (QED) is 0.704. The number of likely N-dealkylation sites (tertiary alicyclic amines) is 1. The molecule has 4 aliphatic rings. The van der Waals surface area contributed by atoms with Gasteiger partial charge >= 0.3 is 0 Å². The lowest BCUT2D eigenvalue weighted by atomic mass is 9.74. The standard InChI is InChI=1S/C22H26F2N4O3/c23-22(24)7-6-21(25)12-27(11-15(21)8-22)9-13-2-1-3-14-10-28(20(31)18(13)14)16-4-5-17(29)26-19(16)30/h1-3,15-16H,4-12,25H2,(H,26,29,30)/t15-,16?,21-/m1/s1. The molecule has 1 aromatic rings. The third kappa shape index (κ3) is 3.53. The van der Waals surface area contributed by atoms with Gasteiger partial charge in [-0.05, 0) is 29.9 Å². The zero-order chi connectivity index (χ0) is 22.0. The molecule has 31 heavy (non-hydrogen) atoms. The second-order valence-electron chi connectivity index (χ2n) is 9.51. The summed E-state index contributed by atoms with van der Waals surface area (Å²) >= 11 is 0. The first kappa shape index (κ1) is 20.5. The first-order valence-electron chi connectivity index (χ1n) is 10.8. The summed E-state index contributed by atoms with van der Waals surface area (Å²) in [5.74, 6) is -3.89. The van der Waals surface area contributed by atoms with Crippen LogP contribution in [0.4, 0.5) is 8.78 Å². The molecule has 0 radical (unpaired) electrons. The van der Waals surface area contributed by atoms with E-state index in [4.69, 9.17) is 5.73 Å². The first-order chi connectivity index (χ1) is 14.7. The van der Waals surface area contributed by atoms with Crippen molar-refractivity contribution in [3.63, 3.8) is 0 Å². The van der Waals surface area contributed by atoms with Crippen molar-refractivity contribution in [1.29, 1.82) is 0 Å². The molecule has 3 amide bonds. The Labute approximate surface area is 178 Å². The molecule has 1 saturated carbocycles. The molecule has 1 aromatic carbocycles. The Morgan fingerprint density at radius 3 is 2.77 bits per heavy atom. The highest BCUT2D eigenvalue weighted by atomic mass is 19.3. The topological polar surface area (TPSA) is 95.7 Å². The fourth-order valence-electron chi connectivity index (χ4n) is 5.72. The lowest BCUT2D eigenvalue weighted by molar-refractivity contribution is -0.136. The Morgan fingerprint density at radius 1 is 1.19 bits per heavy atom. The third-order valence-corrected chi connectivity index (χ3v) is 7.34. The predicted octanol–water partition coefficient (Wildman–Crippen LogP) is 1.40. The van der Waals surface area contributed by atoms with Crippen molar-refractivity contribution in [1.82, 2.24) is 15.1 Å². The molecule has 0 spiro atoms. The summed E-state index contributed by atoms with van der Waals surface area (Å²) in [4.78, 5) is 40.6. The van der Waals surface area contributed by atoms with Crippen LogP contribution in [0.15, 0.2) is 18.2 Å². The number of alkyl halides is 2. The molecule has 7 nitrogen and oxygen atoms in total. The fraction of sp³-hybridized carbons (Fsp3) is 0.591. The van der Waals surface area contributed by atoms with Gasteiger partial charge in [-0.3, -0.25) is 24.6 Å². The fourth-order valence-corrected chi connectivity index (χ4v) is 5.72. The number of nitrogens with one attached hydrogen (secondary N) is 1. The number of halogens is 2. The number of imide groups is 1. The third-order valence-electron chi connectivity index (χ3n) is 7.34. The second-order valence-corrected chi connectivity index (χ2v) is 9.51. The van der Waals surface area contributed by atoms with Gasteiger partial charge in [-0.15, -0.1) is 0 Å². The van der Waals surface area contributed by atoms with Crippen molar-refractivity contribution in [3.05, 3.63) is 34.9 Å². The van der Waals surface area contributed by atoms with E-state index in [1.54, 1.807) is 0 Å². The molecular weight excluding hydrogens is 406 g/mol. The zero-order valence-electron chi connectivity index (χ0n) is 17.2. The van der Waals surface area contributed by atoms with Crippen molar-refractivity contribution in [2.24, 2.45) is 11.7 Å². The molecule has 3 aliphatic heterocycles. The van der Waals surface area contributed by atoms with Crippen LogP contribution >= 0.6 is 0 Å². The van der Waals surface area contributed by atoms with E-state index in [9.17, 15) is 23.2 Å². The van der Waals surface area contributed by atoms with E-state index in [0.29, 0.717) is 44.6 Å². The summed E-state index contributed by atoms with van der Waals surface area (Å²) in [6.45, 7) is 1.80. The smallest absolute Gasteiger partial charge is 0.255 e. The second kappa shape index (κ2) is 7.06. The Hall–Kier alpha value is -2.39. The number of fused-ring (bicyclic) bond motifs is 2. The van der Waals surface area contributed by atoms with E-state index in [2.05, 4.69) is 10.2 Å². The van der Waals surface area contributed by atoms with Crippen molar-refractivity contribution in [2.45, 2.75) is 62.7 Å². The normalized spacial score (nSPS) is 32.7. The minimum absolute atomic E-state index is 0.173. The average Bonchev–Trinajstić information content (AvgIpc) is 3.18. The molecule has 0 aromatic heterocycles. The maximum Gasteiger partial charge on any atom is 0.255 e. The minimum Gasteiger partial charge on any atom is -0.324 e. The maximum atomic E-state index is 13.9. The summed E-state index contributed by atoms with van der Waals surface area (Å²) in [7, 11) is 0. The van der Waals surface area contributed by atoms with E-state index >= 15 is 0 Å².